The minimum atomic E-state index is 0.0755. The molecule has 1 saturated heterocycles. The van der Waals surface area contributed by atoms with Crippen LogP contribution in [0.2, 0.25) is 0 Å². The fourth-order valence-corrected chi connectivity index (χ4v) is 2.48. The zero-order chi connectivity index (χ0) is 12.4. The molecule has 4 heteroatoms. The molecule has 0 aliphatic carbocycles. The summed E-state index contributed by atoms with van der Waals surface area (Å²) in [4.78, 5) is 4.54. The third-order valence-corrected chi connectivity index (χ3v) is 3.57. The van der Waals surface area contributed by atoms with Crippen LogP contribution in [0.5, 0.6) is 5.75 Å². The summed E-state index contributed by atoms with van der Waals surface area (Å²) in [6.45, 7) is 2.80. The van der Waals surface area contributed by atoms with Crippen LogP contribution >= 0.6 is 0 Å². The molecule has 2 atom stereocenters. The van der Waals surface area contributed by atoms with E-state index >= 15 is 0 Å². The van der Waals surface area contributed by atoms with E-state index in [2.05, 4.69) is 22.4 Å². The van der Waals surface area contributed by atoms with Gasteiger partial charge >= 0.3 is 0 Å². The third kappa shape index (κ3) is 2.20. The van der Waals surface area contributed by atoms with Gasteiger partial charge in [-0.15, -0.1) is 0 Å². The van der Waals surface area contributed by atoms with Gasteiger partial charge in [0.2, 0.25) is 0 Å². The molecular formula is C14H18N2O2. The van der Waals surface area contributed by atoms with Gasteiger partial charge in [0.05, 0.1) is 13.7 Å². The Labute approximate surface area is 107 Å². The number of hydrogen-bond acceptors (Lipinski definition) is 4. The molecule has 0 amide bonds. The van der Waals surface area contributed by atoms with E-state index in [1.807, 2.05) is 12.1 Å². The second-order valence-corrected chi connectivity index (χ2v) is 4.75. The maximum absolute atomic E-state index is 5.97. The van der Waals surface area contributed by atoms with E-state index in [4.69, 9.17) is 9.47 Å². The summed E-state index contributed by atoms with van der Waals surface area (Å²) >= 11 is 0. The maximum Gasteiger partial charge on any atom is 0.188 e. The van der Waals surface area contributed by atoms with Crippen molar-refractivity contribution in [2.75, 3.05) is 26.7 Å². The number of rotatable bonds is 3. The number of ether oxygens (including phenoxy) is 2. The second kappa shape index (κ2) is 4.98. The van der Waals surface area contributed by atoms with Crippen LogP contribution in [0, 0.1) is 5.92 Å². The first kappa shape index (κ1) is 11.5. The van der Waals surface area contributed by atoms with Gasteiger partial charge < -0.3 is 14.8 Å². The molecule has 2 unspecified atom stereocenters. The smallest absolute Gasteiger partial charge is 0.188 e. The fraction of sp³-hybridized carbons (Fsp3) is 0.500. The molecule has 2 aliphatic rings. The largest absolute Gasteiger partial charge is 0.497 e. The van der Waals surface area contributed by atoms with Crippen LogP contribution in [0.15, 0.2) is 29.3 Å². The summed E-state index contributed by atoms with van der Waals surface area (Å²) in [5.74, 6) is 2.27. The number of nitrogens with one attached hydrogen (secondary N) is 1. The highest BCUT2D eigenvalue weighted by molar-refractivity contribution is 5.81. The highest BCUT2D eigenvalue weighted by Crippen LogP contribution is 2.28. The molecule has 18 heavy (non-hydrogen) atoms. The zero-order valence-corrected chi connectivity index (χ0v) is 10.6. The number of methoxy groups -OCH3 is 1. The van der Waals surface area contributed by atoms with Crippen molar-refractivity contribution in [3.63, 3.8) is 0 Å². The van der Waals surface area contributed by atoms with E-state index in [-0.39, 0.29) is 6.10 Å². The molecule has 0 radical (unpaired) electrons. The van der Waals surface area contributed by atoms with Crippen LogP contribution in [-0.4, -0.2) is 32.6 Å². The summed E-state index contributed by atoms with van der Waals surface area (Å²) in [5, 5.41) is 3.34. The molecule has 96 valence electrons. The predicted octanol–water partition coefficient (Wildman–Crippen LogP) is 1.77. The molecule has 2 aliphatic heterocycles. The van der Waals surface area contributed by atoms with Crippen molar-refractivity contribution in [2.24, 2.45) is 10.9 Å². The Morgan fingerprint density at radius 1 is 1.33 bits per heavy atom. The minimum Gasteiger partial charge on any atom is -0.497 e. The first-order chi connectivity index (χ1) is 8.86. The highest BCUT2D eigenvalue weighted by atomic mass is 16.5. The lowest BCUT2D eigenvalue weighted by atomic mass is 10.1. The summed E-state index contributed by atoms with van der Waals surface area (Å²) in [5.41, 5.74) is 1.17. The molecule has 1 N–H and O–H groups in total. The summed E-state index contributed by atoms with van der Waals surface area (Å²) in [6, 6.07) is 8.03. The van der Waals surface area contributed by atoms with Crippen molar-refractivity contribution in [3.05, 3.63) is 29.8 Å². The monoisotopic (exact) mass is 246 g/mol. The van der Waals surface area contributed by atoms with E-state index in [0.717, 1.165) is 37.7 Å². The van der Waals surface area contributed by atoms with E-state index in [1.165, 1.54) is 5.56 Å². The Hall–Kier alpha value is -1.55. The normalized spacial score (nSPS) is 26.8. The first-order valence-electron chi connectivity index (χ1n) is 6.42. The molecule has 4 nitrogen and oxygen atoms in total. The zero-order valence-electron chi connectivity index (χ0n) is 10.6. The van der Waals surface area contributed by atoms with Crippen LogP contribution in [-0.2, 0) is 4.74 Å². The Bertz CT molecular complexity index is 436. The lowest BCUT2D eigenvalue weighted by Crippen LogP contribution is -2.18. The lowest BCUT2D eigenvalue weighted by Gasteiger charge is -2.14. The molecule has 0 bridgehead atoms. The van der Waals surface area contributed by atoms with E-state index in [1.54, 1.807) is 7.11 Å². The van der Waals surface area contributed by atoms with Gasteiger partial charge in [0.1, 0.15) is 11.9 Å². The van der Waals surface area contributed by atoms with Gasteiger partial charge in [0, 0.05) is 12.5 Å². The summed E-state index contributed by atoms with van der Waals surface area (Å²) in [6.07, 6.45) is 1.21. The Morgan fingerprint density at radius 3 is 2.83 bits per heavy atom. The molecule has 2 heterocycles. The van der Waals surface area contributed by atoms with Gasteiger partial charge in [-0.25, -0.2) is 0 Å². The third-order valence-electron chi connectivity index (χ3n) is 3.57. The van der Waals surface area contributed by atoms with E-state index in [0.29, 0.717) is 5.92 Å². The molecule has 0 aromatic heterocycles. The van der Waals surface area contributed by atoms with Gasteiger partial charge in [-0.1, -0.05) is 12.1 Å². The van der Waals surface area contributed by atoms with Gasteiger partial charge in [0.15, 0.2) is 5.90 Å². The summed E-state index contributed by atoms with van der Waals surface area (Å²) < 4.78 is 11.1. The average Bonchev–Trinajstić information content (AvgIpc) is 3.09. The van der Waals surface area contributed by atoms with Crippen LogP contribution in [0.1, 0.15) is 18.1 Å². The first-order valence-corrected chi connectivity index (χ1v) is 6.42. The molecule has 0 spiro atoms. The minimum absolute atomic E-state index is 0.0755. The number of aliphatic imine (C=N–C) groups is 1. The Morgan fingerprint density at radius 2 is 2.17 bits per heavy atom. The molecule has 1 aromatic rings. The van der Waals surface area contributed by atoms with Crippen LogP contribution in [0.3, 0.4) is 0 Å². The fourth-order valence-electron chi connectivity index (χ4n) is 2.48. The maximum atomic E-state index is 5.97. The van der Waals surface area contributed by atoms with Crippen LogP contribution < -0.4 is 10.1 Å². The number of nitrogens with zero attached hydrogens (tertiary/aromatic N) is 1. The second-order valence-electron chi connectivity index (χ2n) is 4.75. The molecule has 3 rings (SSSR count). The number of hydrogen-bond donors (Lipinski definition) is 1. The standard InChI is InChI=1S/C14H18N2O2/c1-17-12-4-2-10(3-5-12)13-9-16-14(18-13)11-6-7-15-8-11/h2-5,11,13,15H,6-9H2,1H3. The van der Waals surface area contributed by atoms with Crippen molar-refractivity contribution < 1.29 is 9.47 Å². The van der Waals surface area contributed by atoms with Gasteiger partial charge in [-0.05, 0) is 30.7 Å². The Kier molecular flexibility index (Phi) is 3.19. The predicted molar refractivity (Wildman–Crippen MR) is 70.1 cm³/mol. The molecule has 1 fully saturated rings. The van der Waals surface area contributed by atoms with Gasteiger partial charge in [-0.3, -0.25) is 4.99 Å². The van der Waals surface area contributed by atoms with Crippen molar-refractivity contribution in [3.8, 4) is 5.75 Å². The average molecular weight is 246 g/mol. The number of benzene rings is 1. The van der Waals surface area contributed by atoms with Gasteiger partial charge in [-0.2, -0.15) is 0 Å². The van der Waals surface area contributed by atoms with Crippen molar-refractivity contribution in [2.45, 2.75) is 12.5 Å². The lowest BCUT2D eigenvalue weighted by molar-refractivity contribution is 0.216. The molecule has 1 aromatic carbocycles. The summed E-state index contributed by atoms with van der Waals surface area (Å²) in [7, 11) is 1.68. The van der Waals surface area contributed by atoms with Crippen LogP contribution in [0.25, 0.3) is 0 Å². The van der Waals surface area contributed by atoms with Crippen molar-refractivity contribution in [1.29, 1.82) is 0 Å². The van der Waals surface area contributed by atoms with E-state index < -0.39 is 0 Å². The molecule has 0 saturated carbocycles. The van der Waals surface area contributed by atoms with Crippen molar-refractivity contribution >= 4 is 5.90 Å². The Balaban J connectivity index is 1.65. The highest BCUT2D eigenvalue weighted by Gasteiger charge is 2.29. The van der Waals surface area contributed by atoms with E-state index in [9.17, 15) is 0 Å². The SMILES string of the molecule is COc1ccc(C2CN=C(C3CCNC3)O2)cc1. The molecular weight excluding hydrogens is 228 g/mol. The quantitative estimate of drug-likeness (QED) is 0.884. The van der Waals surface area contributed by atoms with Crippen LogP contribution in [0.4, 0.5) is 0 Å². The van der Waals surface area contributed by atoms with Gasteiger partial charge in [0.25, 0.3) is 0 Å². The topological polar surface area (TPSA) is 42.8 Å². The van der Waals surface area contributed by atoms with Crippen molar-refractivity contribution in [1.82, 2.24) is 5.32 Å².